The Morgan fingerprint density at radius 2 is 2.23 bits per heavy atom. The summed E-state index contributed by atoms with van der Waals surface area (Å²) in [4.78, 5) is 3.65. The van der Waals surface area contributed by atoms with E-state index >= 15 is 0 Å². The number of nitriles is 1. The Kier molecular flexibility index (Phi) is 2.42. The fourth-order valence-electron chi connectivity index (χ4n) is 1.03. The number of rotatable bonds is 1. The summed E-state index contributed by atoms with van der Waals surface area (Å²) in [5.74, 6) is 0. The minimum atomic E-state index is -2.72. The molecule has 0 saturated carbocycles. The number of hydrogen-bond acceptors (Lipinski definition) is 3. The first-order valence-electron chi connectivity index (χ1n) is 3.51. The normalized spacial score (nSPS) is 10.1. The first kappa shape index (κ1) is 9.39. The van der Waals surface area contributed by atoms with Gasteiger partial charge in [0.2, 0.25) is 0 Å². The number of aromatic nitrogens is 1. The largest absolute Gasteiger partial charge is 0.396 e. The second-order valence-electron chi connectivity index (χ2n) is 2.50. The van der Waals surface area contributed by atoms with Crippen LogP contribution in [0.1, 0.15) is 23.2 Å². The minimum Gasteiger partial charge on any atom is -0.396 e. The van der Waals surface area contributed by atoms with E-state index in [9.17, 15) is 8.78 Å². The van der Waals surface area contributed by atoms with E-state index in [4.69, 9.17) is 11.0 Å². The number of pyridine rings is 1. The first-order chi connectivity index (χ1) is 6.07. The molecule has 5 heteroatoms. The van der Waals surface area contributed by atoms with Gasteiger partial charge in [0.25, 0.3) is 6.43 Å². The summed E-state index contributed by atoms with van der Waals surface area (Å²) in [6.07, 6.45) is -1.51. The van der Waals surface area contributed by atoms with Gasteiger partial charge >= 0.3 is 0 Å². The maximum Gasteiger partial charge on any atom is 0.266 e. The van der Waals surface area contributed by atoms with E-state index in [1.54, 1.807) is 6.07 Å². The van der Waals surface area contributed by atoms with Crippen molar-refractivity contribution in [1.82, 2.24) is 4.98 Å². The van der Waals surface area contributed by atoms with Crippen LogP contribution < -0.4 is 5.73 Å². The number of nitrogen functional groups attached to an aromatic ring is 1. The van der Waals surface area contributed by atoms with Crippen molar-refractivity contribution in [3.05, 3.63) is 23.0 Å². The molecular weight excluding hydrogens is 176 g/mol. The molecule has 0 radical (unpaired) electrons. The predicted octanol–water partition coefficient (Wildman–Crippen LogP) is 1.78. The number of halogens is 2. The Labute approximate surface area is 73.8 Å². The summed E-state index contributed by atoms with van der Waals surface area (Å²) in [5.41, 5.74) is 4.90. The van der Waals surface area contributed by atoms with Crippen molar-refractivity contribution in [1.29, 1.82) is 5.26 Å². The van der Waals surface area contributed by atoms with Crippen molar-refractivity contribution >= 4 is 5.69 Å². The van der Waals surface area contributed by atoms with E-state index in [1.165, 1.54) is 13.1 Å². The summed E-state index contributed by atoms with van der Waals surface area (Å²) in [5, 5.41) is 8.58. The van der Waals surface area contributed by atoms with Gasteiger partial charge in [-0.25, -0.2) is 8.78 Å². The summed E-state index contributed by atoms with van der Waals surface area (Å²) < 4.78 is 24.8. The SMILES string of the molecule is Cc1ncc(N)c(C#N)c1C(F)F. The maximum absolute atomic E-state index is 12.4. The van der Waals surface area contributed by atoms with E-state index in [-0.39, 0.29) is 22.5 Å². The molecule has 0 atom stereocenters. The van der Waals surface area contributed by atoms with Gasteiger partial charge in [-0.1, -0.05) is 0 Å². The van der Waals surface area contributed by atoms with Gasteiger partial charge in [-0.3, -0.25) is 4.98 Å². The van der Waals surface area contributed by atoms with Gasteiger partial charge in [0, 0.05) is 5.69 Å². The number of aryl methyl sites for hydroxylation is 1. The van der Waals surface area contributed by atoms with Crippen LogP contribution in [0.5, 0.6) is 0 Å². The molecule has 0 spiro atoms. The number of anilines is 1. The summed E-state index contributed by atoms with van der Waals surface area (Å²) in [6, 6.07) is 1.64. The summed E-state index contributed by atoms with van der Waals surface area (Å²) >= 11 is 0. The third-order valence-electron chi connectivity index (χ3n) is 1.68. The highest BCUT2D eigenvalue weighted by Crippen LogP contribution is 2.27. The van der Waals surface area contributed by atoms with Gasteiger partial charge in [-0.15, -0.1) is 0 Å². The molecule has 2 N–H and O–H groups in total. The fourth-order valence-corrected chi connectivity index (χ4v) is 1.03. The van der Waals surface area contributed by atoms with Crippen molar-refractivity contribution < 1.29 is 8.78 Å². The first-order valence-corrected chi connectivity index (χ1v) is 3.51. The van der Waals surface area contributed by atoms with Crippen LogP contribution in [-0.2, 0) is 0 Å². The molecule has 1 aromatic rings. The maximum atomic E-state index is 12.4. The standard InChI is InChI=1S/C8H7F2N3/c1-4-7(8(9)10)5(2-11)6(12)3-13-4/h3,8H,12H2,1H3. The molecule has 0 saturated heterocycles. The zero-order valence-corrected chi connectivity index (χ0v) is 6.88. The van der Waals surface area contributed by atoms with Gasteiger partial charge in [-0.05, 0) is 6.92 Å². The highest BCUT2D eigenvalue weighted by molar-refractivity contribution is 5.57. The molecule has 0 amide bonds. The lowest BCUT2D eigenvalue weighted by atomic mass is 10.1. The quantitative estimate of drug-likeness (QED) is 0.721. The Morgan fingerprint density at radius 3 is 2.62 bits per heavy atom. The lowest BCUT2D eigenvalue weighted by Crippen LogP contribution is -2.02. The molecule has 0 aliphatic heterocycles. The molecule has 0 fully saturated rings. The van der Waals surface area contributed by atoms with Gasteiger partial charge in [0.15, 0.2) is 0 Å². The predicted molar refractivity (Wildman–Crippen MR) is 43.1 cm³/mol. The second kappa shape index (κ2) is 3.35. The summed E-state index contributed by atoms with van der Waals surface area (Å²) in [7, 11) is 0. The third kappa shape index (κ3) is 1.56. The minimum absolute atomic E-state index is 0.0107. The van der Waals surface area contributed by atoms with Gasteiger partial charge in [0.1, 0.15) is 6.07 Å². The van der Waals surface area contributed by atoms with Crippen LogP contribution in [-0.4, -0.2) is 4.98 Å². The molecule has 1 rings (SSSR count). The second-order valence-corrected chi connectivity index (χ2v) is 2.50. The lowest BCUT2D eigenvalue weighted by molar-refractivity contribution is 0.150. The van der Waals surface area contributed by atoms with Crippen LogP contribution in [0.25, 0.3) is 0 Å². The molecule has 3 nitrogen and oxygen atoms in total. The average Bonchev–Trinajstić information content (AvgIpc) is 2.07. The average molecular weight is 183 g/mol. The number of hydrogen-bond donors (Lipinski definition) is 1. The highest BCUT2D eigenvalue weighted by atomic mass is 19.3. The molecule has 0 aromatic carbocycles. The van der Waals surface area contributed by atoms with Crippen LogP contribution in [0.3, 0.4) is 0 Å². The Bertz CT molecular complexity index is 368. The van der Waals surface area contributed by atoms with Gasteiger partial charge < -0.3 is 5.73 Å². The molecular formula is C8H7F2N3. The monoisotopic (exact) mass is 183 g/mol. The smallest absolute Gasteiger partial charge is 0.266 e. The van der Waals surface area contributed by atoms with Crippen molar-refractivity contribution in [2.24, 2.45) is 0 Å². The van der Waals surface area contributed by atoms with Gasteiger partial charge in [0.05, 0.1) is 23.0 Å². The van der Waals surface area contributed by atoms with Crippen molar-refractivity contribution in [2.75, 3.05) is 5.73 Å². The van der Waals surface area contributed by atoms with Crippen LogP contribution >= 0.6 is 0 Å². The Morgan fingerprint density at radius 1 is 1.62 bits per heavy atom. The van der Waals surface area contributed by atoms with E-state index < -0.39 is 6.43 Å². The van der Waals surface area contributed by atoms with Crippen molar-refractivity contribution in [2.45, 2.75) is 13.3 Å². The zero-order valence-electron chi connectivity index (χ0n) is 6.88. The van der Waals surface area contributed by atoms with Crippen molar-refractivity contribution in [3.8, 4) is 6.07 Å². The molecule has 0 aliphatic carbocycles. The van der Waals surface area contributed by atoms with E-state index in [0.29, 0.717) is 0 Å². The van der Waals surface area contributed by atoms with Crippen LogP contribution in [0.15, 0.2) is 6.20 Å². The molecule has 0 aliphatic rings. The number of nitrogens with zero attached hydrogens (tertiary/aromatic N) is 2. The topological polar surface area (TPSA) is 62.7 Å². The Balaban J connectivity index is 3.46. The van der Waals surface area contributed by atoms with E-state index in [1.807, 2.05) is 0 Å². The molecule has 1 aromatic heterocycles. The molecule has 1 heterocycles. The number of alkyl halides is 2. The van der Waals surface area contributed by atoms with E-state index in [0.717, 1.165) is 0 Å². The van der Waals surface area contributed by atoms with E-state index in [2.05, 4.69) is 4.98 Å². The van der Waals surface area contributed by atoms with Crippen LogP contribution in [0.2, 0.25) is 0 Å². The van der Waals surface area contributed by atoms with Crippen LogP contribution in [0.4, 0.5) is 14.5 Å². The number of nitrogens with two attached hydrogens (primary N) is 1. The van der Waals surface area contributed by atoms with Crippen molar-refractivity contribution in [3.63, 3.8) is 0 Å². The molecule has 13 heavy (non-hydrogen) atoms. The molecule has 0 bridgehead atoms. The summed E-state index contributed by atoms with van der Waals surface area (Å²) in [6.45, 7) is 1.42. The molecule has 0 unspecified atom stereocenters. The van der Waals surface area contributed by atoms with Gasteiger partial charge in [-0.2, -0.15) is 5.26 Å². The van der Waals surface area contributed by atoms with Crippen LogP contribution in [0, 0.1) is 18.3 Å². The lowest BCUT2D eigenvalue weighted by Gasteiger charge is -2.07. The molecule has 68 valence electrons. The third-order valence-corrected chi connectivity index (χ3v) is 1.68. The Hall–Kier alpha value is -1.70. The zero-order chi connectivity index (χ0) is 10.0. The fraction of sp³-hybridized carbons (Fsp3) is 0.250. The highest BCUT2D eigenvalue weighted by Gasteiger charge is 2.18.